The molecule has 2 aliphatic rings. The Balaban J connectivity index is 0.00000272. The largest absolute Gasteiger partial charge is 0.441 e. The van der Waals surface area contributed by atoms with Crippen molar-refractivity contribution < 1.29 is 14.3 Å². The number of hydrogen-bond acceptors (Lipinski definition) is 6. The molecule has 0 radical (unpaired) electrons. The molecule has 8 heteroatoms. The number of pyridine rings is 2. The number of carbonyl (C=O) groups excluding carboxylic acids is 2. The van der Waals surface area contributed by atoms with Gasteiger partial charge in [0.15, 0.2) is 0 Å². The zero-order valence-electron chi connectivity index (χ0n) is 17.9. The van der Waals surface area contributed by atoms with Crippen molar-refractivity contribution >= 4 is 23.6 Å². The normalized spacial score (nSPS) is 17.9. The molecule has 2 amide bonds. The van der Waals surface area contributed by atoms with E-state index in [9.17, 15) is 9.59 Å². The van der Waals surface area contributed by atoms with Gasteiger partial charge >= 0.3 is 6.09 Å². The summed E-state index contributed by atoms with van der Waals surface area (Å²) in [5.74, 6) is 1.43. The SMILES string of the molecule is C.Cc1cnc(N2CCN(C(=O)c3ccc(N4CC(C)(C)OC4=O)nc3)CC2)c(C)c1. The van der Waals surface area contributed by atoms with Crippen molar-refractivity contribution in [1.29, 1.82) is 0 Å². The summed E-state index contributed by atoms with van der Waals surface area (Å²) in [6, 6.07) is 5.55. The van der Waals surface area contributed by atoms with E-state index in [-0.39, 0.29) is 13.3 Å². The standard InChI is InChI=1S/C22H27N5O3.CH4/c1-15-11-16(2)19(24-12-15)25-7-9-26(10-8-25)20(28)17-5-6-18(23-13-17)27-14-22(3,4)30-21(27)29;/h5-6,11-13H,7-10,14H2,1-4H3;1H4. The van der Waals surface area contributed by atoms with Gasteiger partial charge in [0.2, 0.25) is 0 Å². The van der Waals surface area contributed by atoms with Crippen molar-refractivity contribution in [2.24, 2.45) is 0 Å². The van der Waals surface area contributed by atoms with Crippen LogP contribution in [0, 0.1) is 13.8 Å². The molecule has 4 rings (SSSR count). The molecule has 0 saturated carbocycles. The zero-order chi connectivity index (χ0) is 21.5. The Labute approximate surface area is 183 Å². The van der Waals surface area contributed by atoms with E-state index in [0.29, 0.717) is 31.0 Å². The zero-order valence-corrected chi connectivity index (χ0v) is 17.9. The fourth-order valence-corrected chi connectivity index (χ4v) is 3.96. The van der Waals surface area contributed by atoms with Gasteiger partial charge in [-0.3, -0.25) is 9.69 Å². The average Bonchev–Trinajstić information content (AvgIpc) is 3.00. The molecule has 2 aromatic heterocycles. The molecule has 2 fully saturated rings. The highest BCUT2D eigenvalue weighted by Crippen LogP contribution is 2.26. The minimum Gasteiger partial charge on any atom is -0.441 e. The Morgan fingerprint density at radius 3 is 2.32 bits per heavy atom. The topological polar surface area (TPSA) is 78.9 Å². The quantitative estimate of drug-likeness (QED) is 0.750. The molecule has 0 N–H and O–H groups in total. The maximum atomic E-state index is 12.9. The van der Waals surface area contributed by atoms with Gasteiger partial charge in [-0.2, -0.15) is 0 Å². The monoisotopic (exact) mass is 425 g/mol. The van der Waals surface area contributed by atoms with Crippen LogP contribution in [-0.4, -0.2) is 65.2 Å². The molecule has 2 aromatic rings. The lowest BCUT2D eigenvalue weighted by Crippen LogP contribution is -2.49. The summed E-state index contributed by atoms with van der Waals surface area (Å²) in [6.07, 6.45) is 3.00. The second kappa shape index (κ2) is 8.53. The number of ether oxygens (including phenoxy) is 1. The molecule has 0 bridgehead atoms. The van der Waals surface area contributed by atoms with Crippen molar-refractivity contribution in [3.05, 3.63) is 47.3 Å². The smallest absolute Gasteiger partial charge is 0.416 e. The molecule has 2 saturated heterocycles. The summed E-state index contributed by atoms with van der Waals surface area (Å²) in [7, 11) is 0. The van der Waals surface area contributed by atoms with Crippen LogP contribution in [-0.2, 0) is 4.74 Å². The van der Waals surface area contributed by atoms with Crippen LogP contribution in [0.4, 0.5) is 16.4 Å². The number of carbonyl (C=O) groups is 2. The van der Waals surface area contributed by atoms with Crippen LogP contribution in [0.1, 0.15) is 42.8 Å². The molecule has 0 aliphatic carbocycles. The van der Waals surface area contributed by atoms with Crippen LogP contribution >= 0.6 is 0 Å². The third-order valence-electron chi connectivity index (χ3n) is 5.45. The minimum atomic E-state index is -0.544. The molecule has 2 aliphatic heterocycles. The van der Waals surface area contributed by atoms with E-state index in [2.05, 4.69) is 27.9 Å². The summed E-state index contributed by atoms with van der Waals surface area (Å²) < 4.78 is 5.31. The molecule has 0 atom stereocenters. The fraction of sp³-hybridized carbons (Fsp3) is 0.478. The van der Waals surface area contributed by atoms with Gasteiger partial charge in [-0.1, -0.05) is 13.5 Å². The molecule has 31 heavy (non-hydrogen) atoms. The average molecular weight is 426 g/mol. The molecular weight excluding hydrogens is 394 g/mol. The van der Waals surface area contributed by atoms with Crippen LogP contribution in [0.5, 0.6) is 0 Å². The summed E-state index contributed by atoms with van der Waals surface area (Å²) in [4.78, 5) is 39.4. The first kappa shape index (κ1) is 22.5. The third kappa shape index (κ3) is 4.62. The second-order valence-corrected chi connectivity index (χ2v) is 8.55. The van der Waals surface area contributed by atoms with E-state index < -0.39 is 11.7 Å². The number of hydrogen-bond donors (Lipinski definition) is 0. The Bertz CT molecular complexity index is 966. The van der Waals surface area contributed by atoms with E-state index in [1.807, 2.05) is 31.9 Å². The van der Waals surface area contributed by atoms with E-state index in [0.717, 1.165) is 30.0 Å². The van der Waals surface area contributed by atoms with Crippen LogP contribution in [0.15, 0.2) is 30.6 Å². The summed E-state index contributed by atoms with van der Waals surface area (Å²) in [5, 5.41) is 0. The van der Waals surface area contributed by atoms with Crippen molar-refractivity contribution in [3.63, 3.8) is 0 Å². The first-order valence-electron chi connectivity index (χ1n) is 10.2. The van der Waals surface area contributed by atoms with Crippen molar-refractivity contribution in [2.45, 2.75) is 40.7 Å². The second-order valence-electron chi connectivity index (χ2n) is 8.55. The number of anilines is 2. The molecule has 8 nitrogen and oxygen atoms in total. The number of aryl methyl sites for hydroxylation is 2. The number of cyclic esters (lactones) is 1. The number of piperazine rings is 1. The first-order valence-corrected chi connectivity index (χ1v) is 10.2. The van der Waals surface area contributed by atoms with Gasteiger partial charge in [-0.25, -0.2) is 14.8 Å². The van der Waals surface area contributed by atoms with Gasteiger partial charge in [-0.05, 0) is 51.0 Å². The van der Waals surface area contributed by atoms with Crippen LogP contribution in [0.3, 0.4) is 0 Å². The molecule has 4 heterocycles. The Morgan fingerprint density at radius 1 is 1.06 bits per heavy atom. The highest BCUT2D eigenvalue weighted by atomic mass is 16.6. The van der Waals surface area contributed by atoms with Crippen molar-refractivity contribution in [2.75, 3.05) is 42.5 Å². The van der Waals surface area contributed by atoms with Gasteiger partial charge in [0.05, 0.1) is 12.1 Å². The number of rotatable bonds is 3. The highest BCUT2D eigenvalue weighted by Gasteiger charge is 2.39. The van der Waals surface area contributed by atoms with Gasteiger partial charge in [-0.15, -0.1) is 0 Å². The molecule has 0 unspecified atom stereocenters. The lowest BCUT2D eigenvalue weighted by Gasteiger charge is -2.36. The minimum absolute atomic E-state index is 0. The number of amides is 2. The van der Waals surface area contributed by atoms with E-state index in [4.69, 9.17) is 4.74 Å². The van der Waals surface area contributed by atoms with Gasteiger partial charge in [0.1, 0.15) is 17.2 Å². The fourth-order valence-electron chi connectivity index (χ4n) is 3.96. The van der Waals surface area contributed by atoms with Gasteiger partial charge in [0, 0.05) is 38.6 Å². The Kier molecular flexibility index (Phi) is 6.20. The van der Waals surface area contributed by atoms with Gasteiger partial charge in [0.25, 0.3) is 5.91 Å². The summed E-state index contributed by atoms with van der Waals surface area (Å²) in [6.45, 7) is 11.0. The van der Waals surface area contributed by atoms with E-state index in [1.54, 1.807) is 12.1 Å². The predicted molar refractivity (Wildman–Crippen MR) is 121 cm³/mol. The summed E-state index contributed by atoms with van der Waals surface area (Å²) in [5.41, 5.74) is 2.27. The van der Waals surface area contributed by atoms with E-state index >= 15 is 0 Å². The van der Waals surface area contributed by atoms with Crippen LogP contribution in [0.25, 0.3) is 0 Å². The molecule has 166 valence electrons. The Hall–Kier alpha value is -3.16. The lowest BCUT2D eigenvalue weighted by molar-refractivity contribution is 0.0745. The first-order chi connectivity index (χ1) is 14.2. The summed E-state index contributed by atoms with van der Waals surface area (Å²) >= 11 is 0. The number of nitrogens with zero attached hydrogens (tertiary/aromatic N) is 5. The highest BCUT2D eigenvalue weighted by molar-refractivity contribution is 5.95. The maximum Gasteiger partial charge on any atom is 0.416 e. The predicted octanol–water partition coefficient (Wildman–Crippen LogP) is 3.43. The third-order valence-corrected chi connectivity index (χ3v) is 5.45. The lowest BCUT2D eigenvalue weighted by atomic mass is 10.1. The number of aromatic nitrogens is 2. The van der Waals surface area contributed by atoms with Gasteiger partial charge < -0.3 is 14.5 Å². The molecule has 0 aromatic carbocycles. The van der Waals surface area contributed by atoms with E-state index in [1.165, 1.54) is 11.1 Å². The van der Waals surface area contributed by atoms with Crippen LogP contribution < -0.4 is 9.80 Å². The van der Waals surface area contributed by atoms with Crippen molar-refractivity contribution in [3.8, 4) is 0 Å². The molecular formula is C23H31N5O3. The van der Waals surface area contributed by atoms with Crippen molar-refractivity contribution in [1.82, 2.24) is 14.9 Å². The maximum absolute atomic E-state index is 12.9. The Morgan fingerprint density at radius 2 is 1.77 bits per heavy atom. The van der Waals surface area contributed by atoms with Crippen LogP contribution in [0.2, 0.25) is 0 Å². The molecule has 0 spiro atoms.